The van der Waals surface area contributed by atoms with Gasteiger partial charge in [-0.25, -0.2) is 9.40 Å². The maximum atomic E-state index is 13.5. The first-order chi connectivity index (χ1) is 8.58. The van der Waals surface area contributed by atoms with E-state index < -0.39 is 10.7 Å². The average Bonchev–Trinajstić information content (AvgIpc) is 2.34. The van der Waals surface area contributed by atoms with Gasteiger partial charge in [-0.2, -0.15) is 0 Å². The van der Waals surface area contributed by atoms with Crippen molar-refractivity contribution >= 4 is 34.0 Å². The Bertz CT molecular complexity index is 466. The molecule has 98 valence electrons. The van der Waals surface area contributed by atoms with Crippen molar-refractivity contribution in [3.8, 4) is 0 Å². The molecule has 1 aromatic rings. The maximum absolute atomic E-state index is 13.5. The molecule has 0 amide bonds. The predicted octanol–water partition coefficient (Wildman–Crippen LogP) is 2.00. The lowest BCUT2D eigenvalue weighted by Crippen LogP contribution is -2.40. The van der Waals surface area contributed by atoms with Crippen LogP contribution in [-0.2, 0) is 4.74 Å². The van der Waals surface area contributed by atoms with E-state index in [2.05, 4.69) is 5.43 Å². The van der Waals surface area contributed by atoms with Gasteiger partial charge in [0.05, 0.1) is 21.7 Å². The quantitative estimate of drug-likeness (QED) is 0.503. The number of benzene rings is 1. The van der Waals surface area contributed by atoms with E-state index in [9.17, 15) is 14.5 Å². The van der Waals surface area contributed by atoms with Crippen LogP contribution in [-0.4, -0.2) is 36.2 Å². The van der Waals surface area contributed by atoms with Crippen molar-refractivity contribution < 1.29 is 14.1 Å². The highest BCUT2D eigenvalue weighted by Crippen LogP contribution is 2.29. The molecule has 0 atom stereocenters. The zero-order valence-corrected chi connectivity index (χ0v) is 11.5. The molecule has 6 nitrogen and oxygen atoms in total. The summed E-state index contributed by atoms with van der Waals surface area (Å²) >= 11 is 1.73. The van der Waals surface area contributed by atoms with E-state index in [1.165, 1.54) is 6.07 Å². The molecule has 0 aliphatic carbocycles. The Morgan fingerprint density at radius 3 is 2.72 bits per heavy atom. The van der Waals surface area contributed by atoms with Gasteiger partial charge in [-0.05, 0) is 22.6 Å². The summed E-state index contributed by atoms with van der Waals surface area (Å²) in [5, 5.41) is 12.7. The second-order valence-electron chi connectivity index (χ2n) is 3.75. The van der Waals surface area contributed by atoms with Crippen LogP contribution in [0.4, 0.5) is 15.8 Å². The molecule has 2 rings (SSSR count). The van der Waals surface area contributed by atoms with Crippen molar-refractivity contribution in [3.63, 3.8) is 0 Å². The summed E-state index contributed by atoms with van der Waals surface area (Å²) in [6, 6.07) is 2.37. The van der Waals surface area contributed by atoms with E-state index >= 15 is 0 Å². The smallest absolute Gasteiger partial charge is 0.294 e. The Labute approximate surface area is 116 Å². The van der Waals surface area contributed by atoms with Crippen LogP contribution in [0.3, 0.4) is 0 Å². The highest BCUT2D eigenvalue weighted by molar-refractivity contribution is 14.1. The summed E-state index contributed by atoms with van der Waals surface area (Å²) in [7, 11) is 0. The summed E-state index contributed by atoms with van der Waals surface area (Å²) in [5.41, 5.74) is 2.90. The van der Waals surface area contributed by atoms with Gasteiger partial charge in [0.15, 0.2) is 0 Å². The molecule has 0 saturated carbocycles. The van der Waals surface area contributed by atoms with Gasteiger partial charge < -0.3 is 10.2 Å². The lowest BCUT2D eigenvalue weighted by Gasteiger charge is -2.27. The second-order valence-corrected chi connectivity index (χ2v) is 4.91. The third kappa shape index (κ3) is 3.06. The molecular weight excluding hydrogens is 356 g/mol. The number of hydrogen-bond acceptors (Lipinski definition) is 5. The minimum atomic E-state index is -0.523. The number of nitrogens with zero attached hydrogens (tertiary/aromatic N) is 2. The Morgan fingerprint density at radius 2 is 2.11 bits per heavy atom. The molecule has 18 heavy (non-hydrogen) atoms. The molecule has 1 aliphatic rings. The van der Waals surface area contributed by atoms with Crippen LogP contribution >= 0.6 is 22.6 Å². The molecule has 1 aromatic carbocycles. The van der Waals surface area contributed by atoms with Crippen molar-refractivity contribution in [1.82, 2.24) is 5.01 Å². The van der Waals surface area contributed by atoms with Gasteiger partial charge in [0.1, 0.15) is 11.5 Å². The fourth-order valence-corrected chi connectivity index (χ4v) is 2.07. The standard InChI is InChI=1S/C10H11FIN3O3/c11-7-5-9(10(15(16)17)6-8(7)12)13-14-1-3-18-4-2-14/h5-6,13H,1-4H2. The summed E-state index contributed by atoms with van der Waals surface area (Å²) in [6.07, 6.45) is 0. The molecule has 1 N–H and O–H groups in total. The van der Waals surface area contributed by atoms with Crippen molar-refractivity contribution in [2.75, 3.05) is 31.7 Å². The van der Waals surface area contributed by atoms with E-state index in [1.807, 2.05) is 0 Å². The van der Waals surface area contributed by atoms with Gasteiger partial charge >= 0.3 is 0 Å². The fourth-order valence-electron chi connectivity index (χ4n) is 1.62. The zero-order valence-electron chi connectivity index (χ0n) is 9.36. The highest BCUT2D eigenvalue weighted by Gasteiger charge is 2.20. The highest BCUT2D eigenvalue weighted by atomic mass is 127. The molecule has 1 saturated heterocycles. The number of hydrazine groups is 1. The lowest BCUT2D eigenvalue weighted by atomic mass is 10.2. The number of hydrogen-bond donors (Lipinski definition) is 1. The monoisotopic (exact) mass is 367 g/mol. The van der Waals surface area contributed by atoms with Crippen LogP contribution in [0, 0.1) is 19.5 Å². The van der Waals surface area contributed by atoms with Crippen LogP contribution in [0.25, 0.3) is 0 Å². The third-order valence-corrected chi connectivity index (χ3v) is 3.35. The molecule has 0 spiro atoms. The number of morpholine rings is 1. The van der Waals surface area contributed by atoms with E-state index in [-0.39, 0.29) is 14.9 Å². The zero-order chi connectivity index (χ0) is 13.1. The van der Waals surface area contributed by atoms with Crippen LogP contribution < -0.4 is 5.43 Å². The van der Waals surface area contributed by atoms with Crippen LogP contribution in [0.1, 0.15) is 0 Å². The van der Waals surface area contributed by atoms with Crippen LogP contribution in [0.5, 0.6) is 0 Å². The second kappa shape index (κ2) is 5.76. The lowest BCUT2D eigenvalue weighted by molar-refractivity contribution is -0.384. The summed E-state index contributed by atoms with van der Waals surface area (Å²) in [6.45, 7) is 2.30. The molecule has 0 unspecified atom stereocenters. The van der Waals surface area contributed by atoms with Gasteiger partial charge in [0.25, 0.3) is 5.69 Å². The minimum absolute atomic E-state index is 0.132. The molecular formula is C10H11FIN3O3. The number of anilines is 1. The minimum Gasteiger partial charge on any atom is -0.379 e. The van der Waals surface area contributed by atoms with Gasteiger partial charge in [-0.3, -0.25) is 10.1 Å². The van der Waals surface area contributed by atoms with Gasteiger partial charge in [-0.1, -0.05) is 0 Å². The number of nitrogens with one attached hydrogen (secondary N) is 1. The number of nitro benzene ring substituents is 1. The third-order valence-electron chi connectivity index (χ3n) is 2.52. The van der Waals surface area contributed by atoms with Gasteiger partial charge in [0.2, 0.25) is 0 Å². The summed E-state index contributed by atoms with van der Waals surface area (Å²) in [5.74, 6) is -0.475. The van der Waals surface area contributed by atoms with E-state index in [0.29, 0.717) is 26.3 Å². The van der Waals surface area contributed by atoms with E-state index in [1.54, 1.807) is 27.6 Å². The normalized spacial score (nSPS) is 16.6. The summed E-state index contributed by atoms with van der Waals surface area (Å²) in [4.78, 5) is 10.4. The molecule has 1 fully saturated rings. The Morgan fingerprint density at radius 1 is 1.44 bits per heavy atom. The maximum Gasteiger partial charge on any atom is 0.294 e. The van der Waals surface area contributed by atoms with Crippen molar-refractivity contribution in [2.24, 2.45) is 0 Å². The first kappa shape index (κ1) is 13.4. The van der Waals surface area contributed by atoms with Crippen LogP contribution in [0.2, 0.25) is 0 Å². The topological polar surface area (TPSA) is 67.6 Å². The van der Waals surface area contributed by atoms with Gasteiger partial charge in [-0.15, -0.1) is 0 Å². The molecule has 1 aliphatic heterocycles. The largest absolute Gasteiger partial charge is 0.379 e. The first-order valence-electron chi connectivity index (χ1n) is 5.30. The number of rotatable bonds is 3. The first-order valence-corrected chi connectivity index (χ1v) is 6.38. The van der Waals surface area contributed by atoms with Gasteiger partial charge in [0, 0.05) is 25.2 Å². The van der Waals surface area contributed by atoms with Crippen molar-refractivity contribution in [1.29, 1.82) is 0 Å². The molecule has 8 heteroatoms. The Hall–Kier alpha value is -1.00. The van der Waals surface area contributed by atoms with Crippen molar-refractivity contribution in [2.45, 2.75) is 0 Å². The Balaban J connectivity index is 2.24. The SMILES string of the molecule is O=[N+]([O-])c1cc(I)c(F)cc1NN1CCOCC1. The molecule has 0 bridgehead atoms. The number of nitro groups is 1. The number of halogens is 2. The number of ether oxygens (including phenoxy) is 1. The molecule has 0 aromatic heterocycles. The predicted molar refractivity (Wildman–Crippen MR) is 71.8 cm³/mol. The molecule has 1 heterocycles. The van der Waals surface area contributed by atoms with E-state index in [4.69, 9.17) is 4.74 Å². The van der Waals surface area contributed by atoms with Crippen molar-refractivity contribution in [3.05, 3.63) is 31.6 Å². The summed E-state index contributed by atoms with van der Waals surface area (Å²) < 4.78 is 18.9. The Kier molecular flexibility index (Phi) is 4.30. The molecule has 0 radical (unpaired) electrons. The average molecular weight is 367 g/mol. The fraction of sp³-hybridized carbons (Fsp3) is 0.400. The van der Waals surface area contributed by atoms with E-state index in [0.717, 1.165) is 6.07 Å². The van der Waals surface area contributed by atoms with Crippen LogP contribution in [0.15, 0.2) is 12.1 Å².